The fourth-order valence-electron chi connectivity index (χ4n) is 3.42. The lowest BCUT2D eigenvalue weighted by atomic mass is 9.95. The summed E-state index contributed by atoms with van der Waals surface area (Å²) in [5.74, 6) is 0.389. The van der Waals surface area contributed by atoms with Crippen LogP contribution in [0.2, 0.25) is 5.02 Å². The molecule has 0 bridgehead atoms. The van der Waals surface area contributed by atoms with E-state index in [4.69, 9.17) is 11.6 Å². The number of piperidine rings is 1. The standard InChI is InChI=1S/C21H26ClN3O3S/c1-16-6-8-18(9-7-16)29(27,28)25-14-11-17(12-15-25)10-13-23-21(26)24-20-5-3-2-4-19(20)22/h2-9,17H,10-15H2,1H3,(H2,23,24,26). The summed E-state index contributed by atoms with van der Waals surface area (Å²) in [5.41, 5.74) is 1.61. The van der Waals surface area contributed by atoms with Crippen LogP contribution in [0.25, 0.3) is 0 Å². The summed E-state index contributed by atoms with van der Waals surface area (Å²) < 4.78 is 27.1. The first-order valence-corrected chi connectivity index (χ1v) is 11.5. The average molecular weight is 436 g/mol. The number of nitrogens with zero attached hydrogens (tertiary/aromatic N) is 1. The molecule has 0 atom stereocenters. The highest BCUT2D eigenvalue weighted by Crippen LogP contribution is 2.25. The minimum Gasteiger partial charge on any atom is -0.338 e. The molecule has 0 aromatic heterocycles. The number of rotatable bonds is 6. The number of nitrogens with one attached hydrogen (secondary N) is 2. The summed E-state index contributed by atoms with van der Waals surface area (Å²) in [6.07, 6.45) is 2.40. The molecule has 0 unspecified atom stereocenters. The van der Waals surface area contributed by atoms with Gasteiger partial charge in [-0.3, -0.25) is 0 Å². The molecular formula is C21H26ClN3O3S. The highest BCUT2D eigenvalue weighted by molar-refractivity contribution is 7.89. The zero-order valence-corrected chi connectivity index (χ0v) is 18.0. The molecule has 29 heavy (non-hydrogen) atoms. The number of anilines is 1. The number of hydrogen-bond acceptors (Lipinski definition) is 3. The highest BCUT2D eigenvalue weighted by Gasteiger charge is 2.29. The zero-order valence-electron chi connectivity index (χ0n) is 16.4. The van der Waals surface area contributed by atoms with Gasteiger partial charge in [-0.1, -0.05) is 41.4 Å². The van der Waals surface area contributed by atoms with Crippen molar-refractivity contribution in [3.8, 4) is 0 Å². The first-order chi connectivity index (χ1) is 13.9. The zero-order chi connectivity index (χ0) is 20.9. The lowest BCUT2D eigenvalue weighted by Gasteiger charge is -2.31. The molecule has 2 amide bonds. The van der Waals surface area contributed by atoms with E-state index in [1.165, 1.54) is 0 Å². The lowest BCUT2D eigenvalue weighted by molar-refractivity contribution is 0.245. The van der Waals surface area contributed by atoms with Crippen molar-refractivity contribution >= 4 is 33.3 Å². The molecular weight excluding hydrogens is 410 g/mol. The maximum Gasteiger partial charge on any atom is 0.319 e. The monoisotopic (exact) mass is 435 g/mol. The number of hydrogen-bond donors (Lipinski definition) is 2. The highest BCUT2D eigenvalue weighted by atomic mass is 35.5. The van der Waals surface area contributed by atoms with Gasteiger partial charge in [0, 0.05) is 19.6 Å². The second-order valence-corrected chi connectivity index (χ2v) is 9.66. The molecule has 1 aliphatic rings. The quantitative estimate of drug-likeness (QED) is 0.711. The molecule has 156 valence electrons. The first kappa shape index (κ1) is 21.6. The number of para-hydroxylation sites is 1. The molecule has 3 rings (SSSR count). The predicted molar refractivity (Wildman–Crippen MR) is 116 cm³/mol. The molecule has 6 nitrogen and oxygen atoms in total. The maximum atomic E-state index is 12.8. The van der Waals surface area contributed by atoms with Crippen LogP contribution in [-0.2, 0) is 10.0 Å². The van der Waals surface area contributed by atoms with E-state index in [1.807, 2.05) is 19.1 Å². The third kappa shape index (κ3) is 5.72. The van der Waals surface area contributed by atoms with Gasteiger partial charge >= 0.3 is 6.03 Å². The number of urea groups is 1. The number of sulfonamides is 1. The summed E-state index contributed by atoms with van der Waals surface area (Å²) in [7, 11) is -3.43. The third-order valence-corrected chi connectivity index (χ3v) is 7.43. The molecule has 0 spiro atoms. The van der Waals surface area contributed by atoms with Crippen LogP contribution < -0.4 is 10.6 Å². The van der Waals surface area contributed by atoms with Crippen LogP contribution >= 0.6 is 11.6 Å². The Bertz CT molecular complexity index is 940. The smallest absolute Gasteiger partial charge is 0.319 e. The molecule has 0 aliphatic carbocycles. The minimum atomic E-state index is -3.43. The molecule has 0 saturated carbocycles. The Labute approximate surface area is 177 Å². The van der Waals surface area contributed by atoms with Crippen molar-refractivity contribution in [3.63, 3.8) is 0 Å². The Morgan fingerprint density at radius 2 is 1.76 bits per heavy atom. The molecule has 1 heterocycles. The van der Waals surface area contributed by atoms with E-state index in [9.17, 15) is 13.2 Å². The van der Waals surface area contributed by atoms with Crippen LogP contribution in [0.1, 0.15) is 24.8 Å². The topological polar surface area (TPSA) is 78.5 Å². The van der Waals surface area contributed by atoms with Gasteiger partial charge in [0.05, 0.1) is 15.6 Å². The maximum absolute atomic E-state index is 12.8. The Kier molecular flexibility index (Phi) is 7.16. The predicted octanol–water partition coefficient (Wildman–Crippen LogP) is 4.26. The Morgan fingerprint density at radius 1 is 1.10 bits per heavy atom. The number of amides is 2. The molecule has 1 fully saturated rings. The van der Waals surface area contributed by atoms with Crippen LogP contribution in [0.4, 0.5) is 10.5 Å². The molecule has 8 heteroatoms. The van der Waals surface area contributed by atoms with Crippen LogP contribution in [-0.4, -0.2) is 38.4 Å². The van der Waals surface area contributed by atoms with Gasteiger partial charge in [0.15, 0.2) is 0 Å². The van der Waals surface area contributed by atoms with Crippen molar-refractivity contribution in [2.24, 2.45) is 5.92 Å². The molecule has 2 aromatic rings. The number of halogens is 1. The first-order valence-electron chi connectivity index (χ1n) is 9.72. The van der Waals surface area contributed by atoms with Gasteiger partial charge in [0.1, 0.15) is 0 Å². The summed E-state index contributed by atoms with van der Waals surface area (Å²) in [4.78, 5) is 12.3. The van der Waals surface area contributed by atoms with Gasteiger partial charge in [-0.25, -0.2) is 13.2 Å². The normalized spacial score (nSPS) is 15.8. The number of aryl methyl sites for hydroxylation is 1. The van der Waals surface area contributed by atoms with Gasteiger partial charge in [0.25, 0.3) is 0 Å². The summed E-state index contributed by atoms with van der Waals surface area (Å²) in [6, 6.07) is 13.7. The van der Waals surface area contributed by atoms with Crippen molar-refractivity contribution in [2.75, 3.05) is 25.0 Å². The SMILES string of the molecule is Cc1ccc(S(=O)(=O)N2CCC(CCNC(=O)Nc3ccccc3Cl)CC2)cc1. The third-order valence-electron chi connectivity index (χ3n) is 5.19. The number of benzene rings is 2. The number of carbonyl (C=O) groups excluding carboxylic acids is 1. The Morgan fingerprint density at radius 3 is 2.41 bits per heavy atom. The largest absolute Gasteiger partial charge is 0.338 e. The van der Waals surface area contributed by atoms with E-state index in [2.05, 4.69) is 10.6 Å². The lowest BCUT2D eigenvalue weighted by Crippen LogP contribution is -2.39. The Hall–Kier alpha value is -2.09. The average Bonchev–Trinajstić information content (AvgIpc) is 2.70. The van der Waals surface area contributed by atoms with Crippen molar-refractivity contribution in [3.05, 3.63) is 59.1 Å². The van der Waals surface area contributed by atoms with Crippen molar-refractivity contribution < 1.29 is 13.2 Å². The molecule has 2 N–H and O–H groups in total. The van der Waals surface area contributed by atoms with E-state index in [1.54, 1.807) is 40.7 Å². The minimum absolute atomic E-state index is 0.294. The number of carbonyl (C=O) groups is 1. The van der Waals surface area contributed by atoms with E-state index in [0.717, 1.165) is 24.8 Å². The van der Waals surface area contributed by atoms with Crippen molar-refractivity contribution in [2.45, 2.75) is 31.1 Å². The van der Waals surface area contributed by atoms with Gasteiger partial charge in [-0.15, -0.1) is 0 Å². The Balaban J connectivity index is 1.42. The summed E-state index contributed by atoms with van der Waals surface area (Å²) in [6.45, 7) is 3.48. The van der Waals surface area contributed by atoms with Crippen LogP contribution in [0.3, 0.4) is 0 Å². The second kappa shape index (κ2) is 9.61. The van der Waals surface area contributed by atoms with Gasteiger partial charge < -0.3 is 10.6 Å². The van der Waals surface area contributed by atoms with Crippen LogP contribution in [0, 0.1) is 12.8 Å². The van der Waals surface area contributed by atoms with Crippen molar-refractivity contribution in [1.82, 2.24) is 9.62 Å². The van der Waals surface area contributed by atoms with Gasteiger partial charge in [-0.2, -0.15) is 4.31 Å². The van der Waals surface area contributed by atoms with Crippen LogP contribution in [0.15, 0.2) is 53.4 Å². The van der Waals surface area contributed by atoms with Gasteiger partial charge in [-0.05, 0) is 56.4 Å². The molecule has 2 aromatic carbocycles. The fraction of sp³-hybridized carbons (Fsp3) is 0.381. The fourth-order valence-corrected chi connectivity index (χ4v) is 5.07. The molecule has 0 radical (unpaired) electrons. The van der Waals surface area contributed by atoms with Crippen LogP contribution in [0.5, 0.6) is 0 Å². The second-order valence-electron chi connectivity index (χ2n) is 7.31. The molecule has 1 saturated heterocycles. The van der Waals surface area contributed by atoms with E-state index >= 15 is 0 Å². The van der Waals surface area contributed by atoms with E-state index in [0.29, 0.717) is 41.2 Å². The molecule has 1 aliphatic heterocycles. The summed E-state index contributed by atoms with van der Waals surface area (Å²) >= 11 is 6.03. The van der Waals surface area contributed by atoms with Crippen molar-refractivity contribution in [1.29, 1.82) is 0 Å². The summed E-state index contributed by atoms with van der Waals surface area (Å²) in [5, 5.41) is 6.06. The van der Waals surface area contributed by atoms with E-state index < -0.39 is 10.0 Å². The van der Waals surface area contributed by atoms with E-state index in [-0.39, 0.29) is 6.03 Å². The van der Waals surface area contributed by atoms with Gasteiger partial charge in [0.2, 0.25) is 10.0 Å².